The van der Waals surface area contributed by atoms with Crippen LogP contribution in [0.3, 0.4) is 0 Å². The molecule has 1 amide bonds. The number of fused-ring (bicyclic) bond motifs is 3. The highest BCUT2D eigenvalue weighted by Gasteiger charge is 2.25. The summed E-state index contributed by atoms with van der Waals surface area (Å²) < 4.78 is 2.04. The van der Waals surface area contributed by atoms with Crippen molar-refractivity contribution in [1.29, 1.82) is 0 Å². The number of amides is 1. The second-order valence-corrected chi connectivity index (χ2v) is 10.1. The lowest BCUT2D eigenvalue weighted by Crippen LogP contribution is -2.35. The largest absolute Gasteiger partial charge is 0.340 e. The predicted molar refractivity (Wildman–Crippen MR) is 141 cm³/mol. The first kappa shape index (κ1) is 22.0. The number of nitrogens with zero attached hydrogens (tertiary/aromatic N) is 6. The SMILES string of the molecule is Cc1cccc(-c2nnc3c4ccc(Cl)cc4nc(N4CCCN(C(=O)c5cccs5)CC4)n23)c1. The predicted octanol–water partition coefficient (Wildman–Crippen LogP) is 5.32. The third kappa shape index (κ3) is 4.02. The van der Waals surface area contributed by atoms with Crippen molar-refractivity contribution in [3.05, 3.63) is 75.4 Å². The highest BCUT2D eigenvalue weighted by atomic mass is 35.5. The molecule has 2 aromatic carbocycles. The van der Waals surface area contributed by atoms with Crippen LogP contribution in [0.4, 0.5) is 5.95 Å². The fourth-order valence-corrected chi connectivity index (χ4v) is 5.51. The van der Waals surface area contributed by atoms with Crippen LogP contribution in [0.1, 0.15) is 21.7 Å². The molecule has 9 heteroatoms. The molecule has 35 heavy (non-hydrogen) atoms. The van der Waals surface area contributed by atoms with E-state index in [1.165, 1.54) is 11.3 Å². The fraction of sp³-hybridized carbons (Fsp3) is 0.231. The smallest absolute Gasteiger partial charge is 0.263 e. The zero-order chi connectivity index (χ0) is 23.9. The Morgan fingerprint density at radius 1 is 1.00 bits per heavy atom. The summed E-state index contributed by atoms with van der Waals surface area (Å²) >= 11 is 7.80. The van der Waals surface area contributed by atoms with Crippen LogP contribution in [-0.4, -0.2) is 56.6 Å². The fourth-order valence-electron chi connectivity index (χ4n) is 4.65. The molecule has 0 unspecified atom stereocenters. The number of thiophene rings is 1. The molecule has 1 aliphatic rings. The van der Waals surface area contributed by atoms with E-state index in [4.69, 9.17) is 16.6 Å². The monoisotopic (exact) mass is 502 g/mol. The minimum absolute atomic E-state index is 0.0926. The molecule has 0 radical (unpaired) electrons. The van der Waals surface area contributed by atoms with Gasteiger partial charge in [0.2, 0.25) is 5.95 Å². The van der Waals surface area contributed by atoms with Gasteiger partial charge in [-0.3, -0.25) is 4.79 Å². The summed E-state index contributed by atoms with van der Waals surface area (Å²) in [6.07, 6.45) is 0.843. The second kappa shape index (κ2) is 8.94. The Kier molecular flexibility index (Phi) is 5.62. The van der Waals surface area contributed by atoms with Crippen molar-refractivity contribution in [2.24, 2.45) is 0 Å². The van der Waals surface area contributed by atoms with Crippen LogP contribution in [0.5, 0.6) is 0 Å². The highest BCUT2D eigenvalue weighted by molar-refractivity contribution is 7.12. The molecule has 3 aromatic heterocycles. The number of rotatable bonds is 3. The van der Waals surface area contributed by atoms with Gasteiger partial charge in [-0.1, -0.05) is 41.4 Å². The molecule has 0 N–H and O–H groups in total. The zero-order valence-electron chi connectivity index (χ0n) is 19.2. The number of benzene rings is 2. The van der Waals surface area contributed by atoms with Crippen LogP contribution in [0.2, 0.25) is 5.02 Å². The summed E-state index contributed by atoms with van der Waals surface area (Å²) in [7, 11) is 0. The van der Waals surface area contributed by atoms with Crippen molar-refractivity contribution < 1.29 is 4.79 Å². The van der Waals surface area contributed by atoms with Gasteiger partial charge in [-0.15, -0.1) is 21.5 Å². The number of hydrogen-bond donors (Lipinski definition) is 0. The van der Waals surface area contributed by atoms with Gasteiger partial charge in [0, 0.05) is 42.2 Å². The van der Waals surface area contributed by atoms with E-state index in [9.17, 15) is 4.79 Å². The Bertz CT molecular complexity index is 1550. The van der Waals surface area contributed by atoms with Crippen molar-refractivity contribution in [2.45, 2.75) is 13.3 Å². The average Bonchev–Trinajstić information content (AvgIpc) is 3.49. The maximum atomic E-state index is 13.0. The summed E-state index contributed by atoms with van der Waals surface area (Å²) in [5.74, 6) is 1.61. The van der Waals surface area contributed by atoms with E-state index in [0.717, 1.165) is 57.3 Å². The number of anilines is 1. The van der Waals surface area contributed by atoms with Gasteiger partial charge in [-0.25, -0.2) is 9.38 Å². The summed E-state index contributed by atoms with van der Waals surface area (Å²) in [6, 6.07) is 17.7. The van der Waals surface area contributed by atoms with Crippen LogP contribution in [-0.2, 0) is 0 Å². The van der Waals surface area contributed by atoms with E-state index in [-0.39, 0.29) is 5.91 Å². The molecule has 1 saturated heterocycles. The normalized spacial score (nSPS) is 14.6. The third-order valence-electron chi connectivity index (χ3n) is 6.36. The molecule has 0 aliphatic carbocycles. The van der Waals surface area contributed by atoms with Gasteiger partial charge >= 0.3 is 0 Å². The lowest BCUT2D eigenvalue weighted by molar-refractivity contribution is 0.0772. The molecule has 4 heterocycles. The Morgan fingerprint density at radius 2 is 1.91 bits per heavy atom. The summed E-state index contributed by atoms with van der Waals surface area (Å²) in [5, 5.41) is 12.6. The first-order valence-corrected chi connectivity index (χ1v) is 12.8. The van der Waals surface area contributed by atoms with E-state index in [1.54, 1.807) is 0 Å². The molecular weight excluding hydrogens is 480 g/mol. The van der Waals surface area contributed by atoms with Gasteiger partial charge in [0.05, 0.1) is 10.4 Å². The van der Waals surface area contributed by atoms with Crippen molar-refractivity contribution in [3.63, 3.8) is 0 Å². The molecule has 0 atom stereocenters. The van der Waals surface area contributed by atoms with E-state index in [1.807, 2.05) is 57.1 Å². The minimum atomic E-state index is 0.0926. The van der Waals surface area contributed by atoms with Gasteiger partial charge in [0.25, 0.3) is 5.91 Å². The van der Waals surface area contributed by atoms with E-state index < -0.39 is 0 Å². The molecule has 7 nitrogen and oxygen atoms in total. The number of carbonyl (C=O) groups excluding carboxylic acids is 1. The molecule has 0 bridgehead atoms. The third-order valence-corrected chi connectivity index (χ3v) is 7.45. The summed E-state index contributed by atoms with van der Waals surface area (Å²) in [6.45, 7) is 4.83. The minimum Gasteiger partial charge on any atom is -0.340 e. The molecule has 1 fully saturated rings. The van der Waals surface area contributed by atoms with Crippen LogP contribution in [0.25, 0.3) is 27.9 Å². The summed E-state index contributed by atoms with van der Waals surface area (Å²) in [4.78, 5) is 23.0. The maximum absolute atomic E-state index is 13.0. The van der Waals surface area contributed by atoms with Crippen molar-refractivity contribution in [2.75, 3.05) is 31.1 Å². The molecule has 176 valence electrons. The Labute approximate surface area is 211 Å². The molecule has 1 aliphatic heterocycles. The molecule has 0 spiro atoms. The van der Waals surface area contributed by atoms with E-state index in [0.29, 0.717) is 24.7 Å². The van der Waals surface area contributed by atoms with E-state index >= 15 is 0 Å². The highest BCUT2D eigenvalue weighted by Crippen LogP contribution is 2.30. The standard InChI is InChI=1S/C26H23ClN6OS/c1-17-5-2-6-18(15-17)23-29-30-24-20-9-8-19(27)16-21(20)28-26(33(23)24)32-11-4-10-31(12-13-32)25(34)22-7-3-14-35-22/h2-3,5-9,14-16H,4,10-13H2,1H3. The van der Waals surface area contributed by atoms with Gasteiger partial charge in [0.15, 0.2) is 11.5 Å². The second-order valence-electron chi connectivity index (χ2n) is 8.74. The maximum Gasteiger partial charge on any atom is 0.263 e. The molecule has 0 saturated carbocycles. The Hall–Kier alpha value is -3.49. The van der Waals surface area contributed by atoms with Gasteiger partial charge in [-0.2, -0.15) is 0 Å². The van der Waals surface area contributed by atoms with Gasteiger partial charge in [-0.05, 0) is 49.1 Å². The van der Waals surface area contributed by atoms with Crippen molar-refractivity contribution >= 4 is 51.3 Å². The molecular formula is C26H23ClN6OS. The Balaban J connectivity index is 1.45. The molecule has 5 aromatic rings. The molecule has 6 rings (SSSR count). The number of carbonyl (C=O) groups is 1. The van der Waals surface area contributed by atoms with Crippen molar-refractivity contribution in [3.8, 4) is 11.4 Å². The first-order chi connectivity index (χ1) is 17.1. The zero-order valence-corrected chi connectivity index (χ0v) is 20.8. The van der Waals surface area contributed by atoms with Gasteiger partial charge in [0.1, 0.15) is 0 Å². The van der Waals surface area contributed by atoms with Crippen LogP contribution >= 0.6 is 22.9 Å². The number of aromatic nitrogens is 4. The first-order valence-electron chi connectivity index (χ1n) is 11.6. The number of hydrogen-bond acceptors (Lipinski definition) is 6. The Morgan fingerprint density at radius 3 is 2.74 bits per heavy atom. The quantitative estimate of drug-likeness (QED) is 0.334. The number of halogens is 1. The lowest BCUT2D eigenvalue weighted by Gasteiger charge is -2.24. The van der Waals surface area contributed by atoms with Gasteiger partial charge < -0.3 is 9.80 Å². The van der Waals surface area contributed by atoms with Crippen LogP contribution in [0, 0.1) is 6.92 Å². The van der Waals surface area contributed by atoms with Crippen LogP contribution in [0.15, 0.2) is 60.0 Å². The van der Waals surface area contributed by atoms with Crippen LogP contribution < -0.4 is 4.90 Å². The van der Waals surface area contributed by atoms with Crippen molar-refractivity contribution in [1.82, 2.24) is 24.5 Å². The summed E-state index contributed by atoms with van der Waals surface area (Å²) in [5.41, 5.74) is 3.66. The number of aryl methyl sites for hydroxylation is 1. The topological polar surface area (TPSA) is 66.6 Å². The average molecular weight is 503 g/mol. The lowest BCUT2D eigenvalue weighted by atomic mass is 10.1. The van der Waals surface area contributed by atoms with E-state index in [2.05, 4.69) is 34.2 Å².